The number of methoxy groups -OCH3 is 4. The summed E-state index contributed by atoms with van der Waals surface area (Å²) in [5.74, 6) is 0.0694. The average Bonchev–Trinajstić information content (AvgIpc) is 3.30. The highest BCUT2D eigenvalue weighted by Gasteiger charge is 2.20. The minimum Gasteiger partial charge on any atom is -0.493 e. The largest absolute Gasteiger partial charge is 0.493 e. The van der Waals surface area contributed by atoms with Gasteiger partial charge in [-0.2, -0.15) is 0 Å². The number of rotatable bonds is 16. The zero-order valence-electron chi connectivity index (χ0n) is 28.9. The predicted molar refractivity (Wildman–Crippen MR) is 178 cm³/mol. The van der Waals surface area contributed by atoms with Crippen molar-refractivity contribution in [1.82, 2.24) is 9.80 Å². The number of esters is 2. The van der Waals surface area contributed by atoms with Gasteiger partial charge in [-0.15, -0.1) is 0 Å². The number of hydrogen-bond acceptors (Lipinski definition) is 14. The average molecular weight is 691 g/mol. The molecule has 0 bridgehead atoms. The first-order valence-corrected chi connectivity index (χ1v) is 15.8. The number of carbonyl (C=O) groups excluding carboxylic acids is 4. The van der Waals surface area contributed by atoms with Gasteiger partial charge in [-0.05, 0) is 32.4 Å². The summed E-state index contributed by atoms with van der Waals surface area (Å²) in [4.78, 5) is 52.3. The van der Waals surface area contributed by atoms with E-state index < -0.39 is 24.1 Å². The molecule has 2 aromatic carbocycles. The third-order valence-corrected chi connectivity index (χ3v) is 7.29. The molecule has 49 heavy (non-hydrogen) atoms. The highest BCUT2D eigenvalue weighted by Crippen LogP contribution is 2.41. The summed E-state index contributed by atoms with van der Waals surface area (Å²) in [7, 11) is 5.66. The van der Waals surface area contributed by atoms with E-state index in [0.29, 0.717) is 24.2 Å². The third kappa shape index (κ3) is 12.5. The van der Waals surface area contributed by atoms with E-state index in [-0.39, 0.29) is 47.7 Å². The molecule has 0 spiro atoms. The van der Waals surface area contributed by atoms with Crippen molar-refractivity contribution in [2.75, 3.05) is 91.6 Å². The molecule has 1 saturated heterocycles. The number of amides is 2. The molecule has 0 aliphatic carbocycles. The summed E-state index contributed by atoms with van der Waals surface area (Å²) in [5, 5.41) is 5.29. The van der Waals surface area contributed by atoms with Crippen molar-refractivity contribution in [3.05, 3.63) is 24.3 Å². The highest BCUT2D eigenvalue weighted by molar-refractivity contribution is 5.87. The first-order chi connectivity index (χ1) is 23.6. The molecule has 2 N–H and O–H groups in total. The van der Waals surface area contributed by atoms with Crippen LogP contribution in [0, 0.1) is 0 Å². The topological polar surface area (TPSA) is 173 Å². The molecule has 1 heterocycles. The number of benzene rings is 2. The maximum atomic E-state index is 12.4. The van der Waals surface area contributed by atoms with Gasteiger partial charge in [0, 0.05) is 64.3 Å². The van der Waals surface area contributed by atoms with E-state index in [0.717, 1.165) is 45.7 Å². The summed E-state index contributed by atoms with van der Waals surface area (Å²) in [6.45, 7) is 8.16. The van der Waals surface area contributed by atoms with Gasteiger partial charge in [-0.3, -0.25) is 20.2 Å². The molecule has 1 aliphatic rings. The molecule has 0 aromatic heterocycles. The summed E-state index contributed by atoms with van der Waals surface area (Å²) in [6.07, 6.45) is 1.07. The lowest BCUT2D eigenvalue weighted by molar-refractivity contribution is -0.133. The van der Waals surface area contributed by atoms with Crippen LogP contribution in [0.1, 0.15) is 33.1 Å². The zero-order valence-corrected chi connectivity index (χ0v) is 28.9. The SMILES string of the molecule is COc1cc(NC(=O)OCCCN2CCCN(CCCOC(=O)Nc3cc(OC)c(OC(C)=O)c(OC)c3)CC2)cc(OC)c1OC(C)=O. The van der Waals surface area contributed by atoms with Crippen molar-refractivity contribution in [3.8, 4) is 34.5 Å². The van der Waals surface area contributed by atoms with Crippen molar-refractivity contribution in [2.24, 2.45) is 0 Å². The normalized spacial score (nSPS) is 13.3. The van der Waals surface area contributed by atoms with E-state index >= 15 is 0 Å². The molecule has 2 aromatic rings. The lowest BCUT2D eigenvalue weighted by atomic mass is 10.2. The van der Waals surface area contributed by atoms with Crippen molar-refractivity contribution in [1.29, 1.82) is 0 Å². The standard InChI is InChI=1S/C33H46N4O12/c1-22(38)48-30-26(42-3)18-24(19-27(30)43-4)34-32(40)46-16-8-12-36-10-7-11-37(15-14-36)13-9-17-47-33(41)35-25-20-28(44-5)31(49-23(2)39)29(21-25)45-6/h18-21H,7-17H2,1-6H3,(H,34,40)(H,35,41). The fraction of sp³-hybridized carbons (Fsp3) is 0.515. The van der Waals surface area contributed by atoms with Crippen LogP contribution in [0.3, 0.4) is 0 Å². The predicted octanol–water partition coefficient (Wildman–Crippen LogP) is 4.16. The number of carbonyl (C=O) groups is 4. The van der Waals surface area contributed by atoms with Gasteiger partial charge in [0.2, 0.25) is 11.5 Å². The van der Waals surface area contributed by atoms with E-state index in [2.05, 4.69) is 20.4 Å². The van der Waals surface area contributed by atoms with Crippen LogP contribution in [0.4, 0.5) is 21.0 Å². The molecule has 1 aliphatic heterocycles. The van der Waals surface area contributed by atoms with Gasteiger partial charge in [0.25, 0.3) is 0 Å². The molecule has 0 atom stereocenters. The van der Waals surface area contributed by atoms with Crippen molar-refractivity contribution in [3.63, 3.8) is 0 Å². The molecule has 270 valence electrons. The lowest BCUT2D eigenvalue weighted by Gasteiger charge is -2.21. The molecular formula is C33H46N4O12. The Kier molecular flexibility index (Phi) is 15.5. The molecule has 0 radical (unpaired) electrons. The molecule has 16 nitrogen and oxygen atoms in total. The summed E-state index contributed by atoms with van der Waals surface area (Å²) < 4.78 is 42.2. The summed E-state index contributed by atoms with van der Waals surface area (Å²) in [5.41, 5.74) is 0.726. The van der Waals surface area contributed by atoms with Crippen LogP contribution >= 0.6 is 0 Å². The van der Waals surface area contributed by atoms with Gasteiger partial charge in [0.15, 0.2) is 23.0 Å². The van der Waals surface area contributed by atoms with Gasteiger partial charge < -0.3 is 47.7 Å². The summed E-state index contributed by atoms with van der Waals surface area (Å²) >= 11 is 0. The van der Waals surface area contributed by atoms with Crippen molar-refractivity contribution < 1.29 is 57.1 Å². The second-order valence-electron chi connectivity index (χ2n) is 10.9. The number of anilines is 2. The Morgan fingerprint density at radius 2 is 0.939 bits per heavy atom. The van der Waals surface area contributed by atoms with E-state index in [1.807, 2.05) is 0 Å². The van der Waals surface area contributed by atoms with Crippen LogP contribution in [0.5, 0.6) is 34.5 Å². The number of nitrogens with zero attached hydrogens (tertiary/aromatic N) is 2. The smallest absolute Gasteiger partial charge is 0.411 e. The van der Waals surface area contributed by atoms with E-state index in [4.69, 9.17) is 37.9 Å². The van der Waals surface area contributed by atoms with Crippen molar-refractivity contribution >= 4 is 35.5 Å². The van der Waals surface area contributed by atoms with Crippen LogP contribution in [0.2, 0.25) is 0 Å². The Morgan fingerprint density at radius 1 is 0.592 bits per heavy atom. The van der Waals surface area contributed by atoms with E-state index in [1.165, 1.54) is 66.6 Å². The molecule has 0 unspecified atom stereocenters. The molecule has 0 saturated carbocycles. The number of ether oxygens (including phenoxy) is 8. The minimum absolute atomic E-state index is 0.120. The van der Waals surface area contributed by atoms with Gasteiger partial charge in [0.1, 0.15) is 0 Å². The first-order valence-electron chi connectivity index (χ1n) is 15.8. The van der Waals surface area contributed by atoms with Gasteiger partial charge >= 0.3 is 24.1 Å². The Bertz CT molecular complexity index is 1280. The van der Waals surface area contributed by atoms with Crippen LogP contribution in [-0.2, 0) is 19.1 Å². The Balaban J connectivity index is 1.34. The monoisotopic (exact) mass is 690 g/mol. The molecule has 2 amide bonds. The second-order valence-corrected chi connectivity index (χ2v) is 10.9. The minimum atomic E-state index is -0.626. The van der Waals surface area contributed by atoms with Crippen LogP contribution in [0.15, 0.2) is 24.3 Å². The lowest BCUT2D eigenvalue weighted by Crippen LogP contribution is -2.32. The van der Waals surface area contributed by atoms with Gasteiger partial charge in [-0.1, -0.05) is 0 Å². The van der Waals surface area contributed by atoms with Crippen molar-refractivity contribution in [2.45, 2.75) is 33.1 Å². The molecule has 3 rings (SSSR count). The number of nitrogens with one attached hydrogen (secondary N) is 2. The quantitative estimate of drug-likeness (QED) is 0.146. The van der Waals surface area contributed by atoms with Gasteiger partial charge in [-0.25, -0.2) is 9.59 Å². The Labute approximate surface area is 285 Å². The fourth-order valence-electron chi connectivity index (χ4n) is 5.08. The zero-order chi connectivity index (χ0) is 35.8. The van der Waals surface area contributed by atoms with Crippen LogP contribution in [0.25, 0.3) is 0 Å². The van der Waals surface area contributed by atoms with Crippen LogP contribution in [-0.4, -0.2) is 115 Å². The van der Waals surface area contributed by atoms with Gasteiger partial charge in [0.05, 0.1) is 53.0 Å². The van der Waals surface area contributed by atoms with E-state index in [1.54, 1.807) is 0 Å². The maximum Gasteiger partial charge on any atom is 0.411 e. The third-order valence-electron chi connectivity index (χ3n) is 7.29. The first kappa shape index (κ1) is 38.5. The van der Waals surface area contributed by atoms with Crippen LogP contribution < -0.4 is 39.1 Å². The molecular weight excluding hydrogens is 644 g/mol. The summed E-state index contributed by atoms with van der Waals surface area (Å²) in [6, 6.07) is 6.04. The number of hydrogen-bond donors (Lipinski definition) is 2. The second kappa shape index (κ2) is 19.8. The molecule has 16 heteroatoms. The van der Waals surface area contributed by atoms with E-state index in [9.17, 15) is 19.2 Å². The maximum absolute atomic E-state index is 12.4. The highest BCUT2D eigenvalue weighted by atomic mass is 16.6. The Hall–Kier alpha value is -4.96. The molecule has 1 fully saturated rings. The fourth-order valence-corrected chi connectivity index (χ4v) is 5.08. The Morgan fingerprint density at radius 3 is 1.24 bits per heavy atom.